The molecule has 6 heteroatoms. The fourth-order valence-corrected chi connectivity index (χ4v) is 7.31. The highest BCUT2D eigenvalue weighted by Crippen LogP contribution is 2.57. The molecule has 1 N–H and O–H groups in total. The molecule has 1 aliphatic heterocycles. The fourth-order valence-electron chi connectivity index (χ4n) is 7.31. The van der Waals surface area contributed by atoms with Gasteiger partial charge in [0.25, 0.3) is 0 Å². The highest BCUT2D eigenvalue weighted by atomic mass is 16.3. The number of rotatable bonds is 3. The first-order chi connectivity index (χ1) is 19.8. The van der Waals surface area contributed by atoms with E-state index in [1.54, 1.807) is 31.2 Å². The smallest absolute Gasteiger partial charge is 0.238 e. The number of phenolic OH excluding ortho intramolecular Hbond substituents is 1. The highest BCUT2D eigenvalue weighted by molar-refractivity contribution is 6.25. The molecular weight excluding hydrogens is 514 g/mol. The van der Waals surface area contributed by atoms with Crippen molar-refractivity contribution >= 4 is 45.9 Å². The zero-order valence-corrected chi connectivity index (χ0v) is 22.5. The minimum Gasteiger partial charge on any atom is -0.508 e. The molecule has 4 unspecified atom stereocenters. The van der Waals surface area contributed by atoms with Crippen LogP contribution in [0, 0.1) is 17.8 Å². The molecule has 6 nitrogen and oxygen atoms in total. The number of benzene rings is 3. The van der Waals surface area contributed by atoms with E-state index < -0.39 is 23.7 Å². The number of nitrogens with zero attached hydrogens (tertiary/aromatic N) is 1. The van der Waals surface area contributed by atoms with Crippen LogP contribution in [0.15, 0.2) is 102 Å². The lowest BCUT2D eigenvalue weighted by molar-refractivity contribution is -0.123. The molecule has 4 atom stereocenters. The molecule has 0 bridgehead atoms. The second kappa shape index (κ2) is 9.10. The average Bonchev–Trinajstić information content (AvgIpc) is 3.24. The van der Waals surface area contributed by atoms with Crippen molar-refractivity contribution in [3.8, 4) is 5.75 Å². The summed E-state index contributed by atoms with van der Waals surface area (Å²) in [5, 5.41) is 12.9. The Bertz CT molecular complexity index is 1820. The molecule has 41 heavy (non-hydrogen) atoms. The minimum atomic E-state index is -0.708. The fraction of sp³-hybridized carbons (Fsp3) is 0.200. The Kier molecular flexibility index (Phi) is 5.58. The number of carbonyl (C=O) groups excluding carboxylic acids is 4. The van der Waals surface area contributed by atoms with Gasteiger partial charge in [0.1, 0.15) is 5.75 Å². The third-order valence-electron chi connectivity index (χ3n) is 9.19. The third kappa shape index (κ3) is 3.56. The molecule has 1 fully saturated rings. The van der Waals surface area contributed by atoms with Crippen molar-refractivity contribution in [3.63, 3.8) is 0 Å². The van der Waals surface area contributed by atoms with Crippen LogP contribution in [0.3, 0.4) is 0 Å². The van der Waals surface area contributed by atoms with Gasteiger partial charge >= 0.3 is 0 Å². The number of Topliss-reactive ketones (excluding diaryl/α,β-unsaturated/α-hetero) is 1. The highest BCUT2D eigenvalue weighted by Gasteiger charge is 2.57. The van der Waals surface area contributed by atoms with E-state index in [1.807, 2.05) is 48.5 Å². The summed E-state index contributed by atoms with van der Waals surface area (Å²) in [5.41, 5.74) is 3.84. The maximum atomic E-state index is 14.1. The molecule has 3 aliphatic carbocycles. The van der Waals surface area contributed by atoms with E-state index in [2.05, 4.69) is 6.58 Å². The summed E-state index contributed by atoms with van der Waals surface area (Å²) >= 11 is 0. The molecule has 7 rings (SSSR count). The Balaban J connectivity index is 1.41. The molecule has 0 radical (unpaired) electrons. The standard InChI is InChI=1S/C35H27NO5/c1-3-19-8-11-21(12-9-19)36-34(40)24-14-13-23-25(29(24)35(36)41)17-26-31(28(38)16-18(2)33(26)39)32(23)30-22-7-5-4-6-20(22)10-15-27(30)37/h3-13,15-16,24-25,29,32,37H,1,14,17H2,2H3. The third-order valence-corrected chi connectivity index (χ3v) is 9.19. The zero-order chi connectivity index (χ0) is 28.6. The summed E-state index contributed by atoms with van der Waals surface area (Å²) in [6, 6.07) is 18.2. The van der Waals surface area contributed by atoms with E-state index in [9.17, 15) is 24.3 Å². The number of hydrogen-bond donors (Lipinski definition) is 1. The molecule has 1 heterocycles. The lowest BCUT2D eigenvalue weighted by atomic mass is 9.59. The maximum absolute atomic E-state index is 14.1. The molecule has 0 saturated carbocycles. The number of anilines is 1. The van der Waals surface area contributed by atoms with Gasteiger partial charge in [-0.2, -0.15) is 0 Å². The van der Waals surface area contributed by atoms with E-state index >= 15 is 0 Å². The van der Waals surface area contributed by atoms with E-state index in [0.29, 0.717) is 34.4 Å². The van der Waals surface area contributed by atoms with Crippen molar-refractivity contribution in [2.75, 3.05) is 4.90 Å². The van der Waals surface area contributed by atoms with E-state index in [0.717, 1.165) is 21.9 Å². The molecular formula is C35H27NO5. The van der Waals surface area contributed by atoms with Gasteiger partial charge in [0.2, 0.25) is 11.8 Å². The number of carbonyl (C=O) groups is 4. The molecule has 0 spiro atoms. The monoisotopic (exact) mass is 541 g/mol. The number of hydrogen-bond acceptors (Lipinski definition) is 5. The van der Waals surface area contributed by atoms with Gasteiger partial charge in [-0.05, 0) is 66.3 Å². The molecule has 0 aromatic heterocycles. The SMILES string of the molecule is C=Cc1ccc(N2C(=O)C3CC=C4C(c5c(O)ccc6ccccc56)C5=C(CC4C3C2=O)C(=O)C(C)=CC5=O)cc1. The number of fused-ring (bicyclic) bond motifs is 4. The van der Waals surface area contributed by atoms with Gasteiger partial charge in [-0.3, -0.25) is 24.1 Å². The normalized spacial score (nSPS) is 25.5. The van der Waals surface area contributed by atoms with E-state index in [4.69, 9.17) is 0 Å². The van der Waals surface area contributed by atoms with Crippen molar-refractivity contribution < 1.29 is 24.3 Å². The summed E-state index contributed by atoms with van der Waals surface area (Å²) in [6.07, 6.45) is 5.58. The number of aromatic hydroxyl groups is 1. The van der Waals surface area contributed by atoms with Gasteiger partial charge in [0.15, 0.2) is 11.6 Å². The van der Waals surface area contributed by atoms with Crippen LogP contribution in [0.1, 0.15) is 36.8 Å². The van der Waals surface area contributed by atoms with Crippen LogP contribution in [0.4, 0.5) is 5.69 Å². The molecule has 2 amide bonds. The van der Waals surface area contributed by atoms with Crippen LogP contribution >= 0.6 is 0 Å². The summed E-state index contributed by atoms with van der Waals surface area (Å²) in [6.45, 7) is 5.39. The molecule has 1 saturated heterocycles. The van der Waals surface area contributed by atoms with Gasteiger partial charge in [-0.15, -0.1) is 0 Å². The predicted octanol–water partition coefficient (Wildman–Crippen LogP) is 5.82. The Morgan fingerprint density at radius 3 is 2.44 bits per heavy atom. The van der Waals surface area contributed by atoms with Crippen LogP contribution < -0.4 is 4.90 Å². The van der Waals surface area contributed by atoms with Crippen LogP contribution in [-0.4, -0.2) is 28.5 Å². The number of amides is 2. The predicted molar refractivity (Wildman–Crippen MR) is 156 cm³/mol. The summed E-state index contributed by atoms with van der Waals surface area (Å²) in [5.74, 6) is -3.43. The number of phenols is 1. The van der Waals surface area contributed by atoms with Crippen molar-refractivity contribution in [1.29, 1.82) is 0 Å². The largest absolute Gasteiger partial charge is 0.508 e. The molecule has 4 aliphatic rings. The summed E-state index contributed by atoms with van der Waals surface area (Å²) in [4.78, 5) is 56.2. The lowest BCUT2D eigenvalue weighted by Gasteiger charge is -2.42. The van der Waals surface area contributed by atoms with Gasteiger partial charge in [0, 0.05) is 28.2 Å². The zero-order valence-electron chi connectivity index (χ0n) is 22.5. The molecule has 202 valence electrons. The Morgan fingerprint density at radius 1 is 0.927 bits per heavy atom. The number of ketones is 2. The summed E-state index contributed by atoms with van der Waals surface area (Å²) < 4.78 is 0. The lowest BCUT2D eigenvalue weighted by Crippen LogP contribution is -2.39. The van der Waals surface area contributed by atoms with Gasteiger partial charge in [-0.1, -0.05) is 66.8 Å². The van der Waals surface area contributed by atoms with Crippen LogP contribution in [0.2, 0.25) is 0 Å². The Hall–Kier alpha value is -4.84. The topological polar surface area (TPSA) is 91.8 Å². The molecule has 3 aromatic carbocycles. The van der Waals surface area contributed by atoms with Crippen molar-refractivity contribution in [3.05, 3.63) is 113 Å². The van der Waals surface area contributed by atoms with Gasteiger partial charge in [-0.25, -0.2) is 0 Å². The Morgan fingerprint density at radius 2 is 1.68 bits per heavy atom. The quantitative estimate of drug-likeness (QED) is 0.256. The first-order valence-corrected chi connectivity index (χ1v) is 13.8. The van der Waals surface area contributed by atoms with Crippen molar-refractivity contribution in [2.45, 2.75) is 25.7 Å². The number of imide groups is 1. The van der Waals surface area contributed by atoms with Gasteiger partial charge in [0.05, 0.1) is 17.5 Å². The van der Waals surface area contributed by atoms with Crippen LogP contribution in [0.25, 0.3) is 16.8 Å². The van der Waals surface area contributed by atoms with Gasteiger partial charge < -0.3 is 5.11 Å². The average molecular weight is 542 g/mol. The second-order valence-electron chi connectivity index (χ2n) is 11.3. The molecule has 3 aromatic rings. The Labute approximate surface area is 237 Å². The first kappa shape index (κ1) is 25.1. The second-order valence-corrected chi connectivity index (χ2v) is 11.3. The maximum Gasteiger partial charge on any atom is 0.238 e. The summed E-state index contributed by atoms with van der Waals surface area (Å²) in [7, 11) is 0. The van der Waals surface area contributed by atoms with Crippen LogP contribution in [-0.2, 0) is 19.2 Å². The minimum absolute atomic E-state index is 0.0218. The van der Waals surface area contributed by atoms with E-state index in [1.165, 1.54) is 11.0 Å². The van der Waals surface area contributed by atoms with Crippen molar-refractivity contribution in [1.82, 2.24) is 0 Å². The first-order valence-electron chi connectivity index (χ1n) is 13.8. The van der Waals surface area contributed by atoms with E-state index in [-0.39, 0.29) is 35.6 Å². The number of allylic oxidation sites excluding steroid dienone is 6. The van der Waals surface area contributed by atoms with Crippen LogP contribution in [0.5, 0.6) is 5.75 Å². The van der Waals surface area contributed by atoms with Crippen molar-refractivity contribution in [2.24, 2.45) is 17.8 Å².